The second-order valence-electron chi connectivity index (χ2n) is 4.99. The van der Waals surface area contributed by atoms with E-state index in [2.05, 4.69) is 32.8 Å². The molecule has 0 heterocycles. The van der Waals surface area contributed by atoms with Crippen molar-refractivity contribution in [1.29, 1.82) is 0 Å². The van der Waals surface area contributed by atoms with Crippen LogP contribution in [0.2, 0.25) is 26.2 Å². The molecule has 0 saturated carbocycles. The maximum atomic E-state index is 6.06. The van der Waals surface area contributed by atoms with Crippen LogP contribution in [0.25, 0.3) is 0 Å². The number of rotatable bonds is 7. The maximum Gasteiger partial charge on any atom is 0.382 e. The van der Waals surface area contributed by atoms with E-state index in [0.717, 1.165) is 23.5 Å². The monoisotopic (exact) mass is 295 g/mol. The van der Waals surface area contributed by atoms with Gasteiger partial charge in [-0.25, -0.2) is 0 Å². The highest BCUT2D eigenvalue weighted by molar-refractivity contribution is 6.73. The molecule has 0 fully saturated rings. The first-order valence-electron chi connectivity index (χ1n) is 6.34. The van der Waals surface area contributed by atoms with Crippen LogP contribution in [0.4, 0.5) is 0 Å². The number of allylic oxidation sites excluding steroid dienone is 1. The first-order valence-corrected chi connectivity index (χ1v) is 11.6. The molecule has 0 aromatic heterocycles. The molecule has 3 nitrogen and oxygen atoms in total. The van der Waals surface area contributed by atoms with Crippen molar-refractivity contribution in [2.75, 3.05) is 7.11 Å². The van der Waals surface area contributed by atoms with Gasteiger partial charge in [0.2, 0.25) is 0 Å². The smallest absolute Gasteiger partial charge is 0.382 e. The first kappa shape index (κ1) is 16.0. The van der Waals surface area contributed by atoms with E-state index in [1.165, 1.54) is 0 Å². The zero-order chi connectivity index (χ0) is 14.5. The SMILES string of the molecule is C=CCc1ccc(O[Si](C)(C)O[Si](C)C)c(OC)c1. The lowest BCUT2D eigenvalue weighted by molar-refractivity contribution is 0.363. The van der Waals surface area contributed by atoms with Gasteiger partial charge in [-0.3, -0.25) is 0 Å². The molecule has 1 rings (SSSR count). The fourth-order valence-corrected chi connectivity index (χ4v) is 6.66. The Hall–Kier alpha value is -1.05. The molecule has 0 amide bonds. The molecule has 0 spiro atoms. The average molecular weight is 296 g/mol. The molecule has 5 heteroatoms. The molecule has 0 saturated heterocycles. The fourth-order valence-electron chi connectivity index (χ4n) is 1.87. The van der Waals surface area contributed by atoms with Crippen molar-refractivity contribution in [1.82, 2.24) is 0 Å². The Labute approximate surface area is 119 Å². The van der Waals surface area contributed by atoms with Crippen LogP contribution in [0, 0.1) is 0 Å². The second-order valence-corrected chi connectivity index (χ2v) is 10.6. The summed E-state index contributed by atoms with van der Waals surface area (Å²) >= 11 is 0. The number of ether oxygens (including phenoxy) is 1. The van der Waals surface area contributed by atoms with E-state index in [-0.39, 0.29) is 0 Å². The lowest BCUT2D eigenvalue weighted by Crippen LogP contribution is -2.42. The van der Waals surface area contributed by atoms with Crippen molar-refractivity contribution in [3.63, 3.8) is 0 Å². The van der Waals surface area contributed by atoms with E-state index < -0.39 is 17.6 Å². The Kier molecular flexibility index (Phi) is 5.84. The van der Waals surface area contributed by atoms with Gasteiger partial charge in [-0.15, -0.1) is 6.58 Å². The summed E-state index contributed by atoms with van der Waals surface area (Å²) in [6.45, 7) is 12.1. The van der Waals surface area contributed by atoms with Crippen molar-refractivity contribution < 1.29 is 13.3 Å². The van der Waals surface area contributed by atoms with Gasteiger partial charge in [0.25, 0.3) is 0 Å². The number of methoxy groups -OCH3 is 1. The molecule has 0 N–H and O–H groups in total. The topological polar surface area (TPSA) is 27.7 Å². The van der Waals surface area contributed by atoms with Crippen LogP contribution in [-0.4, -0.2) is 24.7 Å². The molecule has 0 aliphatic carbocycles. The highest BCUT2D eigenvalue weighted by atomic mass is 28.4. The summed E-state index contributed by atoms with van der Waals surface area (Å²) in [5.74, 6) is 1.51. The number of hydrogen-bond donors (Lipinski definition) is 0. The molecule has 1 aromatic rings. The molecule has 1 radical (unpaired) electrons. The van der Waals surface area contributed by atoms with Crippen LogP contribution in [0.1, 0.15) is 5.56 Å². The second kappa shape index (κ2) is 6.93. The Balaban J connectivity index is 2.91. The Morgan fingerprint density at radius 3 is 2.47 bits per heavy atom. The van der Waals surface area contributed by atoms with Gasteiger partial charge in [0, 0.05) is 0 Å². The third-order valence-electron chi connectivity index (χ3n) is 2.41. The summed E-state index contributed by atoms with van der Waals surface area (Å²) < 4.78 is 17.4. The summed E-state index contributed by atoms with van der Waals surface area (Å²) in [7, 11) is -1.25. The first-order chi connectivity index (χ1) is 8.88. The van der Waals surface area contributed by atoms with Crippen molar-refractivity contribution >= 4 is 17.6 Å². The summed E-state index contributed by atoms with van der Waals surface area (Å²) in [4.78, 5) is 0. The lowest BCUT2D eigenvalue weighted by Gasteiger charge is -2.26. The summed E-state index contributed by atoms with van der Waals surface area (Å²) in [5, 5.41) is 0. The van der Waals surface area contributed by atoms with Gasteiger partial charge < -0.3 is 13.3 Å². The van der Waals surface area contributed by atoms with Crippen LogP contribution in [-0.2, 0) is 10.5 Å². The third-order valence-corrected chi connectivity index (χ3v) is 6.72. The third kappa shape index (κ3) is 5.22. The molecule has 0 aliphatic heterocycles. The van der Waals surface area contributed by atoms with Gasteiger partial charge >= 0.3 is 8.56 Å². The summed E-state index contributed by atoms with van der Waals surface area (Å²) in [5.41, 5.74) is 1.16. The normalized spacial score (nSPS) is 11.5. The fraction of sp³-hybridized carbons (Fsp3) is 0.429. The van der Waals surface area contributed by atoms with E-state index in [1.807, 2.05) is 24.3 Å². The highest BCUT2D eigenvalue weighted by Crippen LogP contribution is 2.30. The number of benzene rings is 1. The molecule has 1 aromatic carbocycles. The van der Waals surface area contributed by atoms with E-state index in [4.69, 9.17) is 13.3 Å². The molecule has 105 valence electrons. The zero-order valence-corrected chi connectivity index (χ0v) is 14.4. The predicted molar refractivity (Wildman–Crippen MR) is 83.6 cm³/mol. The Morgan fingerprint density at radius 1 is 1.26 bits per heavy atom. The maximum absolute atomic E-state index is 6.06. The van der Waals surface area contributed by atoms with Crippen molar-refractivity contribution in [2.45, 2.75) is 32.6 Å². The summed E-state index contributed by atoms with van der Waals surface area (Å²) in [6, 6.07) is 5.98. The van der Waals surface area contributed by atoms with E-state index in [1.54, 1.807) is 7.11 Å². The molecule has 0 unspecified atom stereocenters. The highest BCUT2D eigenvalue weighted by Gasteiger charge is 2.29. The Bertz CT molecular complexity index is 431. The zero-order valence-electron chi connectivity index (χ0n) is 12.4. The van der Waals surface area contributed by atoms with Crippen LogP contribution in [0.15, 0.2) is 30.9 Å². The molecule has 0 bridgehead atoms. The average Bonchev–Trinajstić information content (AvgIpc) is 2.29. The van der Waals surface area contributed by atoms with E-state index in [0.29, 0.717) is 0 Å². The molecule has 19 heavy (non-hydrogen) atoms. The molecule has 0 atom stereocenters. The van der Waals surface area contributed by atoms with E-state index >= 15 is 0 Å². The molecular weight excluding hydrogens is 272 g/mol. The van der Waals surface area contributed by atoms with Crippen molar-refractivity contribution in [3.05, 3.63) is 36.4 Å². The number of hydrogen-bond acceptors (Lipinski definition) is 3. The van der Waals surface area contributed by atoms with Crippen LogP contribution in [0.5, 0.6) is 11.5 Å². The van der Waals surface area contributed by atoms with E-state index in [9.17, 15) is 0 Å². The van der Waals surface area contributed by atoms with Crippen molar-refractivity contribution in [3.8, 4) is 11.5 Å². The standard InChI is InChI=1S/C14H23O3Si2/c1-7-8-12-9-10-13(14(11-12)15-2)16-19(5,6)17-18(3)4/h7,9-11H,1,8H2,2-6H3. The van der Waals surface area contributed by atoms with Gasteiger partial charge in [0.05, 0.1) is 7.11 Å². The Morgan fingerprint density at radius 2 is 1.95 bits per heavy atom. The molecular formula is C14H23O3Si2. The minimum atomic E-state index is -2.15. The molecule has 0 aliphatic rings. The largest absolute Gasteiger partial charge is 0.518 e. The predicted octanol–water partition coefficient (Wildman–Crippen LogP) is 3.77. The van der Waals surface area contributed by atoms with Gasteiger partial charge in [-0.05, 0) is 50.3 Å². The van der Waals surface area contributed by atoms with Crippen LogP contribution >= 0.6 is 0 Å². The van der Waals surface area contributed by atoms with Gasteiger partial charge in [0.1, 0.15) is 5.75 Å². The minimum Gasteiger partial charge on any atom is -0.518 e. The van der Waals surface area contributed by atoms with Gasteiger partial charge in [-0.2, -0.15) is 0 Å². The minimum absolute atomic E-state index is 0.754. The van der Waals surface area contributed by atoms with Crippen LogP contribution in [0.3, 0.4) is 0 Å². The van der Waals surface area contributed by atoms with Crippen molar-refractivity contribution in [2.24, 2.45) is 0 Å². The summed E-state index contributed by atoms with van der Waals surface area (Å²) in [6.07, 6.45) is 2.70. The van der Waals surface area contributed by atoms with Crippen LogP contribution < -0.4 is 9.16 Å². The lowest BCUT2D eigenvalue weighted by atomic mass is 10.1. The quantitative estimate of drug-likeness (QED) is 0.566. The van der Waals surface area contributed by atoms with Gasteiger partial charge in [0.15, 0.2) is 14.8 Å². The van der Waals surface area contributed by atoms with Gasteiger partial charge in [-0.1, -0.05) is 12.1 Å².